The van der Waals surface area contributed by atoms with E-state index in [-0.39, 0.29) is 17.2 Å². The van der Waals surface area contributed by atoms with Crippen molar-refractivity contribution in [3.8, 4) is 0 Å². The van der Waals surface area contributed by atoms with Crippen LogP contribution in [-0.2, 0) is 12.7 Å². The number of halogens is 5. The molecule has 2 aromatic rings. The summed E-state index contributed by atoms with van der Waals surface area (Å²) >= 11 is 11.1. The van der Waals surface area contributed by atoms with Gasteiger partial charge < -0.3 is 10.6 Å². The zero-order valence-corrected chi connectivity index (χ0v) is 14.0. The Morgan fingerprint density at radius 3 is 2.54 bits per heavy atom. The fourth-order valence-electron chi connectivity index (χ4n) is 1.95. The maximum Gasteiger partial charge on any atom is 0.416 e. The lowest BCUT2D eigenvalue weighted by molar-refractivity contribution is -0.137. The molecule has 0 heterocycles. The quantitative estimate of drug-likeness (QED) is 0.562. The molecule has 0 bridgehead atoms. The molecule has 0 saturated heterocycles. The summed E-state index contributed by atoms with van der Waals surface area (Å²) in [6.45, 7) is 1.76. The fraction of sp³-hybridized carbons (Fsp3) is 0.188. The van der Waals surface area contributed by atoms with E-state index in [2.05, 4.69) is 10.6 Å². The van der Waals surface area contributed by atoms with E-state index in [4.69, 9.17) is 23.8 Å². The Balaban J connectivity index is 2.00. The van der Waals surface area contributed by atoms with Gasteiger partial charge in [-0.05, 0) is 49.0 Å². The second kappa shape index (κ2) is 7.36. The van der Waals surface area contributed by atoms with Crippen LogP contribution < -0.4 is 10.6 Å². The number of nitrogens with one attached hydrogen (secondary N) is 2. The number of thiocarbonyl (C=S) groups is 1. The smallest absolute Gasteiger partial charge is 0.358 e. The van der Waals surface area contributed by atoms with E-state index in [1.54, 1.807) is 18.2 Å². The van der Waals surface area contributed by atoms with Gasteiger partial charge in [-0.25, -0.2) is 4.39 Å². The summed E-state index contributed by atoms with van der Waals surface area (Å²) in [5.41, 5.74) is 0.533. The van der Waals surface area contributed by atoms with Gasteiger partial charge in [0.05, 0.1) is 5.56 Å². The third-order valence-electron chi connectivity index (χ3n) is 3.34. The molecule has 2 N–H and O–H groups in total. The highest BCUT2D eigenvalue weighted by Crippen LogP contribution is 2.30. The molecular weight excluding hydrogens is 364 g/mol. The molecule has 0 radical (unpaired) electrons. The van der Waals surface area contributed by atoms with Gasteiger partial charge in [-0.3, -0.25) is 0 Å². The number of benzene rings is 2. The van der Waals surface area contributed by atoms with E-state index in [1.807, 2.05) is 6.92 Å². The Labute approximate surface area is 146 Å². The van der Waals surface area contributed by atoms with E-state index < -0.39 is 17.6 Å². The van der Waals surface area contributed by atoms with Crippen molar-refractivity contribution in [1.82, 2.24) is 5.32 Å². The van der Waals surface area contributed by atoms with E-state index in [0.717, 1.165) is 17.7 Å². The van der Waals surface area contributed by atoms with E-state index in [1.165, 1.54) is 0 Å². The van der Waals surface area contributed by atoms with Gasteiger partial charge in [-0.2, -0.15) is 13.2 Å². The monoisotopic (exact) mass is 376 g/mol. The predicted octanol–water partition coefficient (Wildman–Crippen LogP) is 5.29. The van der Waals surface area contributed by atoms with Crippen LogP contribution >= 0.6 is 23.8 Å². The molecule has 0 fully saturated rings. The molecule has 2 nitrogen and oxygen atoms in total. The molecule has 0 aliphatic rings. The van der Waals surface area contributed by atoms with Crippen molar-refractivity contribution in [3.63, 3.8) is 0 Å². The summed E-state index contributed by atoms with van der Waals surface area (Å²) in [5.74, 6) is -0.945. The third kappa shape index (κ3) is 4.58. The van der Waals surface area contributed by atoms with Crippen molar-refractivity contribution in [2.45, 2.75) is 19.6 Å². The first kappa shape index (κ1) is 18.5. The van der Waals surface area contributed by atoms with Crippen LogP contribution in [0, 0.1) is 12.7 Å². The number of rotatable bonds is 3. The molecule has 128 valence electrons. The topological polar surface area (TPSA) is 24.1 Å². The molecule has 0 spiro atoms. The van der Waals surface area contributed by atoms with Crippen LogP contribution in [0.25, 0.3) is 0 Å². The SMILES string of the molecule is Cc1c(Cl)cccc1NC(=S)NCc1ccc(C(F)(F)F)cc1F. The lowest BCUT2D eigenvalue weighted by Crippen LogP contribution is -2.28. The maximum absolute atomic E-state index is 13.8. The van der Waals surface area contributed by atoms with Gasteiger partial charge in [0.1, 0.15) is 5.82 Å². The van der Waals surface area contributed by atoms with Crippen LogP contribution in [0.4, 0.5) is 23.2 Å². The first-order valence-corrected chi connectivity index (χ1v) is 7.62. The molecule has 0 aromatic heterocycles. The number of hydrogen-bond donors (Lipinski definition) is 2. The van der Waals surface area contributed by atoms with Gasteiger partial charge in [0.2, 0.25) is 0 Å². The van der Waals surface area contributed by atoms with Gasteiger partial charge in [0.25, 0.3) is 0 Å². The number of anilines is 1. The first-order chi connectivity index (χ1) is 11.2. The largest absolute Gasteiger partial charge is 0.416 e. The van der Waals surface area contributed by atoms with Crippen LogP contribution in [0.15, 0.2) is 36.4 Å². The maximum atomic E-state index is 13.8. The predicted molar refractivity (Wildman–Crippen MR) is 90.7 cm³/mol. The van der Waals surface area contributed by atoms with Crippen molar-refractivity contribution in [2.24, 2.45) is 0 Å². The Morgan fingerprint density at radius 1 is 1.21 bits per heavy atom. The van der Waals surface area contributed by atoms with Gasteiger partial charge in [-0.15, -0.1) is 0 Å². The van der Waals surface area contributed by atoms with Crippen molar-refractivity contribution in [1.29, 1.82) is 0 Å². The molecule has 2 aromatic carbocycles. The minimum Gasteiger partial charge on any atom is -0.358 e. The van der Waals surface area contributed by atoms with Crippen molar-refractivity contribution < 1.29 is 17.6 Å². The van der Waals surface area contributed by atoms with Crippen LogP contribution in [0.2, 0.25) is 5.02 Å². The van der Waals surface area contributed by atoms with E-state index in [0.29, 0.717) is 16.8 Å². The molecule has 0 aliphatic heterocycles. The van der Waals surface area contributed by atoms with Gasteiger partial charge in [0, 0.05) is 22.8 Å². The normalized spacial score (nSPS) is 11.2. The summed E-state index contributed by atoms with van der Waals surface area (Å²) in [6.07, 6.45) is -4.58. The lowest BCUT2D eigenvalue weighted by Gasteiger charge is -2.14. The molecule has 0 atom stereocenters. The molecule has 0 saturated carbocycles. The van der Waals surface area contributed by atoms with Crippen molar-refractivity contribution in [2.75, 3.05) is 5.32 Å². The number of alkyl halides is 3. The zero-order chi connectivity index (χ0) is 17.9. The first-order valence-electron chi connectivity index (χ1n) is 6.84. The summed E-state index contributed by atoms with van der Waals surface area (Å²) in [4.78, 5) is 0. The number of hydrogen-bond acceptors (Lipinski definition) is 1. The Bertz CT molecular complexity index is 762. The molecule has 0 amide bonds. The minimum atomic E-state index is -4.58. The third-order valence-corrected chi connectivity index (χ3v) is 3.99. The molecule has 2 rings (SSSR count). The highest BCUT2D eigenvalue weighted by molar-refractivity contribution is 7.80. The highest BCUT2D eigenvalue weighted by Gasteiger charge is 2.31. The summed E-state index contributed by atoms with van der Waals surface area (Å²) in [7, 11) is 0. The Kier molecular flexibility index (Phi) is 5.66. The van der Waals surface area contributed by atoms with Gasteiger partial charge in [-0.1, -0.05) is 23.7 Å². The average Bonchev–Trinajstić information content (AvgIpc) is 2.49. The fourth-order valence-corrected chi connectivity index (χ4v) is 2.31. The Hall–Kier alpha value is -1.86. The second-order valence-electron chi connectivity index (χ2n) is 5.02. The van der Waals surface area contributed by atoms with Crippen LogP contribution in [0.1, 0.15) is 16.7 Å². The van der Waals surface area contributed by atoms with E-state index >= 15 is 0 Å². The molecule has 8 heteroatoms. The van der Waals surface area contributed by atoms with Crippen LogP contribution in [0.3, 0.4) is 0 Å². The molecule has 0 unspecified atom stereocenters. The van der Waals surface area contributed by atoms with Crippen LogP contribution in [0.5, 0.6) is 0 Å². The van der Waals surface area contributed by atoms with E-state index in [9.17, 15) is 17.6 Å². The summed E-state index contributed by atoms with van der Waals surface area (Å²) in [6, 6.07) is 7.63. The average molecular weight is 377 g/mol. The van der Waals surface area contributed by atoms with Crippen molar-refractivity contribution in [3.05, 3.63) is 63.9 Å². The summed E-state index contributed by atoms with van der Waals surface area (Å²) < 4.78 is 51.3. The highest BCUT2D eigenvalue weighted by atomic mass is 35.5. The van der Waals surface area contributed by atoms with Gasteiger partial charge >= 0.3 is 6.18 Å². The van der Waals surface area contributed by atoms with Crippen LogP contribution in [-0.4, -0.2) is 5.11 Å². The second-order valence-corrected chi connectivity index (χ2v) is 5.84. The summed E-state index contributed by atoms with van der Waals surface area (Å²) in [5, 5.41) is 6.43. The molecule has 24 heavy (non-hydrogen) atoms. The Morgan fingerprint density at radius 2 is 1.92 bits per heavy atom. The standard InChI is InChI=1S/C16H13ClF4N2S/c1-9-12(17)3-2-4-14(9)23-15(24)22-8-10-5-6-11(7-13(10)18)16(19,20)21/h2-7H,8H2,1H3,(H2,22,23,24). The van der Waals surface area contributed by atoms with Gasteiger partial charge in [0.15, 0.2) is 5.11 Å². The lowest BCUT2D eigenvalue weighted by atomic mass is 10.1. The van der Waals surface area contributed by atoms with Crippen molar-refractivity contribution >= 4 is 34.6 Å². The minimum absolute atomic E-state index is 0.0462. The zero-order valence-electron chi connectivity index (χ0n) is 12.5. The molecular formula is C16H13ClF4N2S. The molecule has 0 aliphatic carbocycles.